The van der Waals surface area contributed by atoms with Crippen LogP contribution in [0.5, 0.6) is 0 Å². The Bertz CT molecular complexity index is 1290. The molecule has 0 fully saturated rings. The lowest BCUT2D eigenvalue weighted by atomic mass is 10.0. The van der Waals surface area contributed by atoms with Crippen molar-refractivity contribution in [3.05, 3.63) is 71.7 Å². The van der Waals surface area contributed by atoms with Gasteiger partial charge >= 0.3 is 12.1 Å². The summed E-state index contributed by atoms with van der Waals surface area (Å²) >= 11 is 0. The SMILES string of the molecule is CCOC(=O)C(Cc1occ2cc(CCC(=O)NC3=NCCCN3)ccc12)NC(=O)OCc1ccccc1. The minimum Gasteiger partial charge on any atom is -0.468 e. The van der Waals surface area contributed by atoms with Crippen molar-refractivity contribution in [2.24, 2.45) is 4.99 Å². The Hall–Kier alpha value is -4.34. The Labute approximate surface area is 220 Å². The Balaban J connectivity index is 1.36. The van der Waals surface area contributed by atoms with Crippen LogP contribution >= 0.6 is 0 Å². The van der Waals surface area contributed by atoms with Crippen LogP contribution in [0.3, 0.4) is 0 Å². The number of fused-ring (bicyclic) bond motifs is 1. The minimum absolute atomic E-state index is 0.0807. The molecule has 0 spiro atoms. The Morgan fingerprint density at radius 2 is 1.95 bits per heavy atom. The molecule has 0 saturated carbocycles. The van der Waals surface area contributed by atoms with Crippen LogP contribution in [-0.4, -0.2) is 49.7 Å². The van der Waals surface area contributed by atoms with E-state index in [4.69, 9.17) is 13.9 Å². The van der Waals surface area contributed by atoms with Crippen LogP contribution in [-0.2, 0) is 38.5 Å². The summed E-state index contributed by atoms with van der Waals surface area (Å²) in [6, 6.07) is 14.0. The highest BCUT2D eigenvalue weighted by molar-refractivity contribution is 5.97. The van der Waals surface area contributed by atoms with Crippen LogP contribution in [0.1, 0.15) is 36.7 Å². The predicted molar refractivity (Wildman–Crippen MR) is 141 cm³/mol. The van der Waals surface area contributed by atoms with Crippen LogP contribution < -0.4 is 16.0 Å². The number of carbonyl (C=O) groups is 3. The second-order valence-electron chi connectivity index (χ2n) is 8.85. The van der Waals surface area contributed by atoms with Crippen molar-refractivity contribution < 1.29 is 28.3 Å². The van der Waals surface area contributed by atoms with Crippen molar-refractivity contribution in [3.8, 4) is 0 Å². The number of ether oxygens (including phenoxy) is 2. The van der Waals surface area contributed by atoms with Gasteiger partial charge in [-0.3, -0.25) is 15.1 Å². The molecule has 3 aromatic rings. The van der Waals surface area contributed by atoms with E-state index < -0.39 is 18.1 Å². The van der Waals surface area contributed by atoms with Gasteiger partial charge in [-0.05, 0) is 37.0 Å². The van der Waals surface area contributed by atoms with Crippen molar-refractivity contribution in [3.63, 3.8) is 0 Å². The van der Waals surface area contributed by atoms with E-state index in [0.29, 0.717) is 31.1 Å². The number of furan rings is 1. The van der Waals surface area contributed by atoms with Gasteiger partial charge < -0.3 is 24.5 Å². The molecule has 1 aliphatic heterocycles. The van der Waals surface area contributed by atoms with E-state index >= 15 is 0 Å². The molecular formula is C28H32N4O6. The van der Waals surface area contributed by atoms with E-state index in [-0.39, 0.29) is 25.5 Å². The first kappa shape index (κ1) is 26.7. The third-order valence-corrected chi connectivity index (χ3v) is 6.01. The number of guanidine groups is 1. The van der Waals surface area contributed by atoms with Gasteiger partial charge in [0.15, 0.2) is 5.96 Å². The molecule has 3 N–H and O–H groups in total. The van der Waals surface area contributed by atoms with Crippen molar-refractivity contribution >= 4 is 34.7 Å². The molecular weight excluding hydrogens is 488 g/mol. The highest BCUT2D eigenvalue weighted by atomic mass is 16.6. The number of esters is 1. The molecule has 0 aliphatic carbocycles. The van der Waals surface area contributed by atoms with Crippen LogP contribution in [0.4, 0.5) is 4.79 Å². The van der Waals surface area contributed by atoms with Gasteiger partial charge in [-0.15, -0.1) is 0 Å². The van der Waals surface area contributed by atoms with Gasteiger partial charge in [0.25, 0.3) is 0 Å². The molecule has 10 nitrogen and oxygen atoms in total. The Morgan fingerprint density at radius 3 is 2.71 bits per heavy atom. The van der Waals surface area contributed by atoms with Crippen LogP contribution in [0.2, 0.25) is 0 Å². The topological polar surface area (TPSA) is 131 Å². The van der Waals surface area contributed by atoms with Crippen LogP contribution in [0.15, 0.2) is 64.2 Å². The maximum Gasteiger partial charge on any atom is 0.408 e. The molecule has 2 amide bonds. The highest BCUT2D eigenvalue weighted by Crippen LogP contribution is 2.24. The first-order valence-corrected chi connectivity index (χ1v) is 12.7. The van der Waals surface area contributed by atoms with Crippen molar-refractivity contribution in [1.82, 2.24) is 16.0 Å². The Morgan fingerprint density at radius 1 is 1.11 bits per heavy atom. The smallest absolute Gasteiger partial charge is 0.408 e. The second-order valence-corrected chi connectivity index (χ2v) is 8.85. The van der Waals surface area contributed by atoms with Gasteiger partial charge in [0.05, 0.1) is 12.9 Å². The molecule has 1 aromatic heterocycles. The average Bonchev–Trinajstić information content (AvgIpc) is 3.33. The lowest BCUT2D eigenvalue weighted by molar-refractivity contribution is -0.145. The molecule has 1 atom stereocenters. The van der Waals surface area contributed by atoms with Gasteiger partial charge in [0.1, 0.15) is 18.4 Å². The maximum atomic E-state index is 12.6. The summed E-state index contributed by atoms with van der Waals surface area (Å²) in [5.74, 6) is 0.388. The first-order chi connectivity index (χ1) is 18.5. The zero-order valence-electron chi connectivity index (χ0n) is 21.3. The molecule has 10 heteroatoms. The summed E-state index contributed by atoms with van der Waals surface area (Å²) in [6.07, 6.45) is 2.80. The quantitative estimate of drug-likeness (QED) is 0.350. The summed E-state index contributed by atoms with van der Waals surface area (Å²) < 4.78 is 16.2. The lowest BCUT2D eigenvalue weighted by Crippen LogP contribution is -2.43. The number of hydrogen-bond donors (Lipinski definition) is 3. The summed E-state index contributed by atoms with van der Waals surface area (Å²) in [5, 5.41) is 10.1. The van der Waals surface area contributed by atoms with Crippen LogP contribution in [0.25, 0.3) is 10.8 Å². The zero-order valence-corrected chi connectivity index (χ0v) is 21.3. The number of hydrogen-bond acceptors (Lipinski definition) is 8. The Kier molecular flexibility index (Phi) is 9.33. The summed E-state index contributed by atoms with van der Waals surface area (Å²) in [4.78, 5) is 41.5. The number of benzene rings is 2. The van der Waals surface area contributed by atoms with Crippen LogP contribution in [0, 0.1) is 0 Å². The second kappa shape index (κ2) is 13.3. The minimum atomic E-state index is -0.979. The van der Waals surface area contributed by atoms with Gasteiger partial charge in [-0.2, -0.15) is 0 Å². The van der Waals surface area contributed by atoms with Gasteiger partial charge in [-0.25, -0.2) is 9.59 Å². The molecule has 1 aliphatic rings. The fourth-order valence-electron chi connectivity index (χ4n) is 4.07. The lowest BCUT2D eigenvalue weighted by Gasteiger charge is -2.16. The highest BCUT2D eigenvalue weighted by Gasteiger charge is 2.26. The number of aliphatic imine (C=N–C) groups is 1. The molecule has 1 unspecified atom stereocenters. The van der Waals surface area contributed by atoms with E-state index in [2.05, 4.69) is 20.9 Å². The van der Waals surface area contributed by atoms with Gasteiger partial charge in [0, 0.05) is 36.7 Å². The maximum absolute atomic E-state index is 12.6. The fourth-order valence-corrected chi connectivity index (χ4v) is 4.07. The largest absolute Gasteiger partial charge is 0.468 e. The third kappa shape index (κ3) is 7.58. The van der Waals surface area contributed by atoms with E-state index in [1.165, 1.54) is 0 Å². The molecule has 2 heterocycles. The third-order valence-electron chi connectivity index (χ3n) is 6.01. The number of nitrogens with one attached hydrogen (secondary N) is 3. The molecule has 4 rings (SSSR count). The standard InChI is InChI=1S/C28H32N4O6/c1-2-36-26(34)23(31-28(35)38-17-20-7-4-3-5-8-20)16-24-22-11-9-19(15-21(22)18-37-24)10-12-25(33)32-27-29-13-6-14-30-27/h3-5,7-9,11,15,18,23H,2,6,10,12-14,16-17H2,1H3,(H,31,35)(H2,29,30,32,33). The molecule has 2 aromatic carbocycles. The van der Waals surface area contributed by atoms with Gasteiger partial charge in [0.2, 0.25) is 5.91 Å². The van der Waals surface area contributed by atoms with E-state index in [1.807, 2.05) is 48.5 Å². The van der Waals surface area contributed by atoms with Crippen molar-refractivity contribution in [2.75, 3.05) is 19.7 Å². The number of aryl methyl sites for hydroxylation is 1. The van der Waals surface area contributed by atoms with E-state index in [0.717, 1.165) is 34.9 Å². The molecule has 0 radical (unpaired) electrons. The molecule has 38 heavy (non-hydrogen) atoms. The van der Waals surface area contributed by atoms with Gasteiger partial charge in [-0.1, -0.05) is 42.5 Å². The summed E-state index contributed by atoms with van der Waals surface area (Å²) in [5.41, 5.74) is 1.81. The summed E-state index contributed by atoms with van der Waals surface area (Å²) in [6.45, 7) is 3.47. The first-order valence-electron chi connectivity index (χ1n) is 12.7. The van der Waals surface area contributed by atoms with Crippen molar-refractivity contribution in [2.45, 2.75) is 45.3 Å². The average molecular weight is 521 g/mol. The number of carbonyl (C=O) groups excluding carboxylic acids is 3. The summed E-state index contributed by atoms with van der Waals surface area (Å²) in [7, 11) is 0. The predicted octanol–water partition coefficient (Wildman–Crippen LogP) is 3.23. The number of nitrogens with zero attached hydrogens (tertiary/aromatic N) is 1. The number of rotatable bonds is 10. The molecule has 0 saturated heterocycles. The zero-order chi connectivity index (χ0) is 26.7. The van der Waals surface area contributed by atoms with Crippen molar-refractivity contribution in [1.29, 1.82) is 0 Å². The monoisotopic (exact) mass is 520 g/mol. The van der Waals surface area contributed by atoms with E-state index in [9.17, 15) is 14.4 Å². The van der Waals surface area contributed by atoms with E-state index in [1.54, 1.807) is 13.2 Å². The normalized spacial score (nSPS) is 13.7. The fraction of sp³-hybridized carbons (Fsp3) is 0.357. The number of alkyl carbamates (subject to hydrolysis) is 1. The molecule has 200 valence electrons. The molecule has 0 bridgehead atoms. The number of amides is 2.